The van der Waals surface area contributed by atoms with Crippen LogP contribution in [0, 0.1) is 0 Å². The average molecular weight is 415 g/mol. The molecule has 0 bridgehead atoms. The SMILES string of the molecule is CC(Oc1ccc(Cl)cc1OCc1cccc(O)c1)c1cccc(O)c1.O=C=O. The predicted molar refractivity (Wildman–Crippen MR) is 106 cm³/mol. The van der Waals surface area contributed by atoms with Gasteiger partial charge in [-0.15, -0.1) is 0 Å². The minimum atomic E-state index is -0.286. The zero-order valence-corrected chi connectivity index (χ0v) is 16.3. The van der Waals surface area contributed by atoms with Crippen molar-refractivity contribution in [3.8, 4) is 23.0 Å². The molecule has 1 atom stereocenters. The number of phenolic OH excluding ortho intramolecular Hbond substituents is 2. The van der Waals surface area contributed by atoms with Crippen LogP contribution >= 0.6 is 11.6 Å². The van der Waals surface area contributed by atoms with Crippen LogP contribution in [0.15, 0.2) is 66.7 Å². The number of benzene rings is 3. The van der Waals surface area contributed by atoms with Crippen LogP contribution in [-0.2, 0) is 16.2 Å². The molecule has 0 spiro atoms. The van der Waals surface area contributed by atoms with Crippen molar-refractivity contribution in [3.05, 3.63) is 82.9 Å². The summed E-state index contributed by atoms with van der Waals surface area (Å²) in [6.07, 6.45) is -0.0357. The molecule has 7 heteroatoms. The molecular weight excluding hydrogens is 396 g/mol. The third-order valence-electron chi connectivity index (χ3n) is 3.85. The minimum Gasteiger partial charge on any atom is -0.508 e. The molecule has 2 N–H and O–H groups in total. The fourth-order valence-corrected chi connectivity index (χ4v) is 2.70. The third kappa shape index (κ3) is 6.88. The molecule has 6 nitrogen and oxygen atoms in total. The van der Waals surface area contributed by atoms with Crippen molar-refractivity contribution in [2.45, 2.75) is 19.6 Å². The molecular formula is C22H19ClO6. The predicted octanol–water partition coefficient (Wildman–Crippen LogP) is 4.89. The highest BCUT2D eigenvalue weighted by molar-refractivity contribution is 6.30. The Morgan fingerprint density at radius 1 is 0.931 bits per heavy atom. The molecule has 0 radical (unpaired) electrons. The number of rotatable bonds is 6. The maximum absolute atomic E-state index is 9.63. The first-order valence-corrected chi connectivity index (χ1v) is 8.96. The highest BCUT2D eigenvalue weighted by Crippen LogP contribution is 2.34. The summed E-state index contributed by atoms with van der Waals surface area (Å²) in [6, 6.07) is 19.0. The Morgan fingerprint density at radius 3 is 2.24 bits per heavy atom. The van der Waals surface area contributed by atoms with Crippen LogP contribution in [0.25, 0.3) is 0 Å². The zero-order chi connectivity index (χ0) is 21.2. The van der Waals surface area contributed by atoms with Crippen molar-refractivity contribution in [2.24, 2.45) is 0 Å². The van der Waals surface area contributed by atoms with E-state index in [0.717, 1.165) is 11.1 Å². The summed E-state index contributed by atoms with van der Waals surface area (Å²) in [4.78, 5) is 16.2. The van der Waals surface area contributed by atoms with E-state index in [2.05, 4.69) is 0 Å². The van der Waals surface area contributed by atoms with Crippen molar-refractivity contribution >= 4 is 17.8 Å². The molecule has 0 heterocycles. The van der Waals surface area contributed by atoms with Gasteiger partial charge in [-0.3, -0.25) is 0 Å². The molecule has 3 aromatic rings. The van der Waals surface area contributed by atoms with Crippen LogP contribution in [0.2, 0.25) is 5.02 Å². The first kappa shape index (κ1) is 21.8. The average Bonchev–Trinajstić information content (AvgIpc) is 2.69. The molecule has 0 amide bonds. The second-order valence-electron chi connectivity index (χ2n) is 5.99. The summed E-state index contributed by atoms with van der Waals surface area (Å²) >= 11 is 6.09. The first-order chi connectivity index (χ1) is 13.9. The Hall–Kier alpha value is -3.47. The van der Waals surface area contributed by atoms with Crippen LogP contribution in [0.4, 0.5) is 0 Å². The van der Waals surface area contributed by atoms with Crippen molar-refractivity contribution in [2.75, 3.05) is 0 Å². The van der Waals surface area contributed by atoms with Gasteiger partial charge in [0.15, 0.2) is 11.5 Å². The van der Waals surface area contributed by atoms with E-state index in [4.69, 9.17) is 30.7 Å². The van der Waals surface area contributed by atoms with E-state index in [1.807, 2.05) is 19.1 Å². The van der Waals surface area contributed by atoms with Gasteiger partial charge in [0.1, 0.15) is 24.2 Å². The Bertz CT molecular complexity index is 983. The molecule has 0 aliphatic heterocycles. The monoisotopic (exact) mass is 414 g/mol. The van der Waals surface area contributed by atoms with Crippen molar-refractivity contribution in [1.82, 2.24) is 0 Å². The van der Waals surface area contributed by atoms with Crippen LogP contribution in [0.3, 0.4) is 0 Å². The van der Waals surface area contributed by atoms with E-state index in [0.29, 0.717) is 16.5 Å². The number of halogens is 1. The summed E-state index contributed by atoms with van der Waals surface area (Å²) in [5.74, 6) is 1.43. The lowest BCUT2D eigenvalue weighted by molar-refractivity contribution is -0.191. The van der Waals surface area contributed by atoms with E-state index < -0.39 is 0 Å². The highest BCUT2D eigenvalue weighted by atomic mass is 35.5. The van der Waals surface area contributed by atoms with Crippen LogP contribution < -0.4 is 9.47 Å². The Balaban J connectivity index is 0.000000941. The van der Waals surface area contributed by atoms with Gasteiger partial charge in [-0.05, 0) is 54.4 Å². The number of ether oxygens (including phenoxy) is 2. The lowest BCUT2D eigenvalue weighted by atomic mass is 10.1. The van der Waals surface area contributed by atoms with Crippen molar-refractivity contribution in [1.29, 1.82) is 0 Å². The van der Waals surface area contributed by atoms with Crippen LogP contribution in [-0.4, -0.2) is 16.4 Å². The normalized spacial score (nSPS) is 10.8. The molecule has 0 aromatic heterocycles. The van der Waals surface area contributed by atoms with Gasteiger partial charge in [-0.25, -0.2) is 0 Å². The lowest BCUT2D eigenvalue weighted by Crippen LogP contribution is -2.05. The Labute approximate surface area is 172 Å². The molecule has 0 saturated carbocycles. The molecule has 3 rings (SSSR count). The second kappa shape index (κ2) is 10.8. The molecule has 0 aliphatic carbocycles. The van der Waals surface area contributed by atoms with Crippen LogP contribution in [0.5, 0.6) is 23.0 Å². The number of carbonyl (C=O) groups excluding carboxylic acids is 2. The van der Waals surface area contributed by atoms with Gasteiger partial charge in [0.2, 0.25) is 0 Å². The Kier molecular flexibility index (Phi) is 8.10. The third-order valence-corrected chi connectivity index (χ3v) is 4.09. The standard InChI is InChI=1S/C21H19ClO4.CO2/c1-14(16-5-3-7-19(24)11-16)26-20-9-8-17(22)12-21(20)25-13-15-4-2-6-18(23)10-15;2-1-3/h2-12,14,23-24H,13H2,1H3;. The van der Waals surface area contributed by atoms with E-state index in [1.54, 1.807) is 54.6 Å². The largest absolute Gasteiger partial charge is 0.508 e. The fourth-order valence-electron chi connectivity index (χ4n) is 2.54. The van der Waals surface area contributed by atoms with Crippen molar-refractivity contribution < 1.29 is 29.3 Å². The quantitative estimate of drug-likeness (QED) is 0.596. The zero-order valence-electron chi connectivity index (χ0n) is 15.5. The van der Waals surface area contributed by atoms with Crippen molar-refractivity contribution in [3.63, 3.8) is 0 Å². The molecule has 0 saturated heterocycles. The van der Waals surface area contributed by atoms with Crippen LogP contribution in [0.1, 0.15) is 24.2 Å². The number of hydrogen-bond donors (Lipinski definition) is 2. The first-order valence-electron chi connectivity index (χ1n) is 8.58. The second-order valence-corrected chi connectivity index (χ2v) is 6.42. The Morgan fingerprint density at radius 2 is 1.59 bits per heavy atom. The molecule has 29 heavy (non-hydrogen) atoms. The fraction of sp³-hybridized carbons (Fsp3) is 0.136. The lowest BCUT2D eigenvalue weighted by Gasteiger charge is -2.18. The van der Waals surface area contributed by atoms with E-state index in [1.165, 1.54) is 0 Å². The van der Waals surface area contributed by atoms with Gasteiger partial charge in [0, 0.05) is 11.1 Å². The van der Waals surface area contributed by atoms with Gasteiger partial charge in [0.25, 0.3) is 0 Å². The minimum absolute atomic E-state index is 0.186. The van der Waals surface area contributed by atoms with E-state index in [9.17, 15) is 10.2 Å². The van der Waals surface area contributed by atoms with Gasteiger partial charge >= 0.3 is 6.15 Å². The number of aromatic hydroxyl groups is 2. The number of hydrogen-bond acceptors (Lipinski definition) is 6. The summed E-state index contributed by atoms with van der Waals surface area (Å²) in [6.45, 7) is 2.16. The van der Waals surface area contributed by atoms with Gasteiger partial charge in [-0.2, -0.15) is 9.59 Å². The molecule has 3 aromatic carbocycles. The summed E-state index contributed by atoms with van der Waals surface area (Å²) in [7, 11) is 0. The molecule has 1 unspecified atom stereocenters. The summed E-state index contributed by atoms with van der Waals surface area (Å²) in [5.41, 5.74) is 1.68. The van der Waals surface area contributed by atoms with Gasteiger partial charge in [-0.1, -0.05) is 35.9 Å². The van der Waals surface area contributed by atoms with E-state index >= 15 is 0 Å². The van der Waals surface area contributed by atoms with E-state index in [-0.39, 0.29) is 30.4 Å². The van der Waals surface area contributed by atoms with Gasteiger partial charge < -0.3 is 19.7 Å². The summed E-state index contributed by atoms with van der Waals surface area (Å²) in [5, 5.41) is 19.7. The summed E-state index contributed by atoms with van der Waals surface area (Å²) < 4.78 is 11.9. The maximum Gasteiger partial charge on any atom is 0.373 e. The smallest absolute Gasteiger partial charge is 0.373 e. The molecule has 150 valence electrons. The molecule has 0 fully saturated rings. The van der Waals surface area contributed by atoms with Gasteiger partial charge in [0.05, 0.1) is 0 Å². The maximum atomic E-state index is 9.63. The number of phenols is 2. The topological polar surface area (TPSA) is 93.1 Å². The highest BCUT2D eigenvalue weighted by Gasteiger charge is 2.13. The molecule has 0 aliphatic rings.